The van der Waals surface area contributed by atoms with E-state index in [9.17, 15) is 9.59 Å². The Morgan fingerprint density at radius 1 is 1.33 bits per heavy atom. The van der Waals surface area contributed by atoms with Crippen molar-refractivity contribution in [3.8, 4) is 0 Å². The lowest BCUT2D eigenvalue weighted by atomic mass is 10.1. The van der Waals surface area contributed by atoms with Gasteiger partial charge in [0.05, 0.1) is 6.54 Å². The van der Waals surface area contributed by atoms with Gasteiger partial charge in [0.15, 0.2) is 0 Å². The average Bonchev–Trinajstić information content (AvgIpc) is 2.25. The van der Waals surface area contributed by atoms with Crippen LogP contribution in [0.25, 0.3) is 0 Å². The van der Waals surface area contributed by atoms with Gasteiger partial charge in [0.25, 0.3) is 0 Å². The number of nitrogens with one attached hydrogen (secondary N) is 2. The fraction of sp³-hybridized carbons (Fsp3) is 0.273. The van der Waals surface area contributed by atoms with Crippen molar-refractivity contribution < 1.29 is 9.59 Å². The molecule has 0 saturated heterocycles. The van der Waals surface area contributed by atoms with Crippen molar-refractivity contribution in [1.29, 1.82) is 0 Å². The van der Waals surface area contributed by atoms with Crippen LogP contribution in [-0.2, 0) is 16.1 Å². The van der Waals surface area contributed by atoms with Gasteiger partial charge in [-0.15, -0.1) is 0 Å². The molecule has 0 aliphatic heterocycles. The SMILES string of the molecule is Cc1ccc(CNC(=O)CNC=O)cc1. The van der Waals surface area contributed by atoms with Gasteiger partial charge >= 0.3 is 0 Å². The molecule has 0 saturated carbocycles. The van der Waals surface area contributed by atoms with E-state index in [2.05, 4.69) is 10.6 Å². The van der Waals surface area contributed by atoms with E-state index in [1.807, 2.05) is 31.2 Å². The monoisotopic (exact) mass is 206 g/mol. The lowest BCUT2D eigenvalue weighted by molar-refractivity contribution is -0.122. The van der Waals surface area contributed by atoms with Gasteiger partial charge in [-0.05, 0) is 12.5 Å². The van der Waals surface area contributed by atoms with Crippen LogP contribution >= 0.6 is 0 Å². The number of hydrogen-bond donors (Lipinski definition) is 2. The summed E-state index contributed by atoms with van der Waals surface area (Å²) >= 11 is 0. The number of carbonyl (C=O) groups is 2. The van der Waals surface area contributed by atoms with Gasteiger partial charge in [0.1, 0.15) is 0 Å². The normalized spacial score (nSPS) is 9.40. The van der Waals surface area contributed by atoms with Crippen LogP contribution in [0, 0.1) is 6.92 Å². The van der Waals surface area contributed by atoms with E-state index in [0.29, 0.717) is 13.0 Å². The predicted molar refractivity (Wildman–Crippen MR) is 57.1 cm³/mol. The van der Waals surface area contributed by atoms with E-state index >= 15 is 0 Å². The van der Waals surface area contributed by atoms with Crippen molar-refractivity contribution in [1.82, 2.24) is 10.6 Å². The molecule has 0 unspecified atom stereocenters. The third kappa shape index (κ3) is 4.26. The molecule has 0 aliphatic carbocycles. The smallest absolute Gasteiger partial charge is 0.239 e. The molecule has 0 aliphatic rings. The molecule has 0 spiro atoms. The van der Waals surface area contributed by atoms with Crippen molar-refractivity contribution in [2.45, 2.75) is 13.5 Å². The summed E-state index contributed by atoms with van der Waals surface area (Å²) in [6.07, 6.45) is 0.505. The molecule has 0 fully saturated rings. The minimum absolute atomic E-state index is 0.0232. The molecule has 0 aromatic heterocycles. The van der Waals surface area contributed by atoms with Gasteiger partial charge in [0.2, 0.25) is 12.3 Å². The van der Waals surface area contributed by atoms with Gasteiger partial charge in [-0.25, -0.2) is 0 Å². The Morgan fingerprint density at radius 2 is 2.00 bits per heavy atom. The first-order valence-corrected chi connectivity index (χ1v) is 4.71. The summed E-state index contributed by atoms with van der Waals surface area (Å²) in [4.78, 5) is 21.0. The molecule has 0 bridgehead atoms. The van der Waals surface area contributed by atoms with Crippen LogP contribution < -0.4 is 10.6 Å². The van der Waals surface area contributed by atoms with Crippen molar-refractivity contribution in [2.24, 2.45) is 0 Å². The van der Waals surface area contributed by atoms with Gasteiger partial charge in [0, 0.05) is 6.54 Å². The van der Waals surface area contributed by atoms with Crippen molar-refractivity contribution in [3.05, 3.63) is 35.4 Å². The molecule has 0 heterocycles. The second-order valence-electron chi connectivity index (χ2n) is 3.26. The summed E-state index contributed by atoms with van der Waals surface area (Å²) < 4.78 is 0. The second kappa shape index (κ2) is 5.80. The zero-order valence-electron chi connectivity index (χ0n) is 8.62. The van der Waals surface area contributed by atoms with Crippen molar-refractivity contribution in [3.63, 3.8) is 0 Å². The first-order valence-electron chi connectivity index (χ1n) is 4.71. The van der Waals surface area contributed by atoms with Gasteiger partial charge < -0.3 is 10.6 Å². The number of aryl methyl sites for hydroxylation is 1. The van der Waals surface area contributed by atoms with Crippen LogP contribution in [0.4, 0.5) is 0 Å². The standard InChI is InChI=1S/C11H14N2O2/c1-9-2-4-10(5-3-9)6-13-11(15)7-12-8-14/h2-5,8H,6-7H2,1H3,(H,12,14)(H,13,15). The maximum atomic E-state index is 11.1. The van der Waals surface area contributed by atoms with Crippen molar-refractivity contribution >= 4 is 12.3 Å². The van der Waals surface area contributed by atoms with Gasteiger partial charge in [-0.2, -0.15) is 0 Å². The third-order valence-corrected chi connectivity index (χ3v) is 1.96. The zero-order valence-corrected chi connectivity index (χ0v) is 8.62. The van der Waals surface area contributed by atoms with Crippen LogP contribution in [0.3, 0.4) is 0 Å². The molecule has 2 amide bonds. The maximum absolute atomic E-state index is 11.1. The second-order valence-corrected chi connectivity index (χ2v) is 3.26. The molecule has 1 aromatic carbocycles. The summed E-state index contributed by atoms with van der Waals surface area (Å²) in [6, 6.07) is 7.90. The van der Waals surface area contributed by atoms with E-state index in [4.69, 9.17) is 0 Å². The lowest BCUT2D eigenvalue weighted by Gasteiger charge is -2.04. The Hall–Kier alpha value is -1.84. The summed E-state index contributed by atoms with van der Waals surface area (Å²) in [5.74, 6) is -0.192. The third-order valence-electron chi connectivity index (χ3n) is 1.96. The number of hydrogen-bond acceptors (Lipinski definition) is 2. The predicted octanol–water partition coefficient (Wildman–Crippen LogP) is 0.357. The minimum Gasteiger partial charge on any atom is -0.350 e. The minimum atomic E-state index is -0.192. The Morgan fingerprint density at radius 3 is 2.60 bits per heavy atom. The summed E-state index contributed by atoms with van der Waals surface area (Å²) in [7, 11) is 0. The highest BCUT2D eigenvalue weighted by atomic mass is 16.2. The van der Waals surface area contributed by atoms with E-state index in [1.54, 1.807) is 0 Å². The molecule has 15 heavy (non-hydrogen) atoms. The highest BCUT2D eigenvalue weighted by molar-refractivity contribution is 5.79. The quantitative estimate of drug-likeness (QED) is 0.683. The first-order chi connectivity index (χ1) is 7.22. The molecule has 1 aromatic rings. The molecule has 80 valence electrons. The van der Waals surface area contributed by atoms with Crippen LogP contribution in [0.2, 0.25) is 0 Å². The lowest BCUT2D eigenvalue weighted by Crippen LogP contribution is -2.32. The Balaban J connectivity index is 2.33. The molecule has 4 nitrogen and oxygen atoms in total. The fourth-order valence-electron chi connectivity index (χ4n) is 1.10. The van der Waals surface area contributed by atoms with Crippen LogP contribution in [0.15, 0.2) is 24.3 Å². The van der Waals surface area contributed by atoms with Gasteiger partial charge in [-0.1, -0.05) is 29.8 Å². The molecular formula is C11H14N2O2. The number of rotatable bonds is 5. The van der Waals surface area contributed by atoms with Crippen LogP contribution in [-0.4, -0.2) is 18.9 Å². The molecule has 1 rings (SSSR count). The first kappa shape index (κ1) is 11.2. The summed E-state index contributed by atoms with van der Waals surface area (Å²) in [5.41, 5.74) is 2.23. The summed E-state index contributed by atoms with van der Waals surface area (Å²) in [5, 5.41) is 4.99. The highest BCUT2D eigenvalue weighted by Crippen LogP contribution is 2.01. The zero-order chi connectivity index (χ0) is 11.1. The van der Waals surface area contributed by atoms with E-state index in [0.717, 1.165) is 5.56 Å². The number of benzene rings is 1. The summed E-state index contributed by atoms with van der Waals surface area (Å²) in [6.45, 7) is 2.52. The molecule has 0 radical (unpaired) electrons. The molecule has 0 atom stereocenters. The molecule has 2 N–H and O–H groups in total. The highest BCUT2D eigenvalue weighted by Gasteiger charge is 1.99. The number of amides is 2. The van der Waals surface area contributed by atoms with Crippen molar-refractivity contribution in [2.75, 3.05) is 6.54 Å². The van der Waals surface area contributed by atoms with Crippen LogP contribution in [0.5, 0.6) is 0 Å². The fourth-order valence-corrected chi connectivity index (χ4v) is 1.10. The molecular weight excluding hydrogens is 192 g/mol. The largest absolute Gasteiger partial charge is 0.350 e. The molecule has 4 heteroatoms. The van der Waals surface area contributed by atoms with Gasteiger partial charge in [-0.3, -0.25) is 9.59 Å². The Labute approximate surface area is 88.7 Å². The van der Waals surface area contributed by atoms with E-state index in [1.165, 1.54) is 5.56 Å². The van der Waals surface area contributed by atoms with E-state index < -0.39 is 0 Å². The van der Waals surface area contributed by atoms with Crippen LogP contribution in [0.1, 0.15) is 11.1 Å². The topological polar surface area (TPSA) is 58.2 Å². The maximum Gasteiger partial charge on any atom is 0.239 e. The Kier molecular flexibility index (Phi) is 4.34. The van der Waals surface area contributed by atoms with E-state index in [-0.39, 0.29) is 12.5 Å². The number of carbonyl (C=O) groups excluding carboxylic acids is 2. The Bertz CT molecular complexity index is 333. The average molecular weight is 206 g/mol.